The van der Waals surface area contributed by atoms with Crippen LogP contribution in [0.15, 0.2) is 0 Å². The van der Waals surface area contributed by atoms with Gasteiger partial charge >= 0.3 is 0 Å². The fourth-order valence-corrected chi connectivity index (χ4v) is 1.84. The molecule has 1 aliphatic rings. The number of amides is 2. The van der Waals surface area contributed by atoms with Crippen LogP contribution in [0.25, 0.3) is 0 Å². The van der Waals surface area contributed by atoms with Crippen LogP contribution >= 0.6 is 0 Å². The molecular weight excluding hydrogens is 208 g/mol. The van der Waals surface area contributed by atoms with Crippen LogP contribution in [0.5, 0.6) is 0 Å². The van der Waals surface area contributed by atoms with Gasteiger partial charge < -0.3 is 10.1 Å². The summed E-state index contributed by atoms with van der Waals surface area (Å²) >= 11 is 0. The van der Waals surface area contributed by atoms with Gasteiger partial charge in [-0.15, -0.1) is 0 Å². The Morgan fingerprint density at radius 2 is 2.25 bits per heavy atom. The highest BCUT2D eigenvalue weighted by molar-refractivity contribution is 6.00. The summed E-state index contributed by atoms with van der Waals surface area (Å²) in [6.07, 6.45) is 1.92. The zero-order valence-electron chi connectivity index (χ0n) is 10.2. The van der Waals surface area contributed by atoms with Gasteiger partial charge in [0.25, 0.3) is 0 Å². The van der Waals surface area contributed by atoms with Crippen LogP contribution in [0.4, 0.5) is 0 Å². The molecule has 0 bridgehead atoms. The molecule has 2 amide bonds. The Kier molecular flexibility index (Phi) is 4.89. The number of likely N-dealkylation sites (N-methyl/N-ethyl adjacent to an activating group) is 1. The van der Waals surface area contributed by atoms with Crippen molar-refractivity contribution in [3.8, 4) is 0 Å². The molecule has 1 fully saturated rings. The van der Waals surface area contributed by atoms with E-state index in [1.165, 1.54) is 11.9 Å². The quantitative estimate of drug-likeness (QED) is 0.680. The van der Waals surface area contributed by atoms with Crippen LogP contribution < -0.4 is 5.32 Å². The fraction of sp³-hybridized carbons (Fsp3) is 0.818. The number of piperidine rings is 1. The summed E-state index contributed by atoms with van der Waals surface area (Å²) in [6.45, 7) is 2.62. The summed E-state index contributed by atoms with van der Waals surface area (Å²) in [4.78, 5) is 24.3. The van der Waals surface area contributed by atoms with Crippen LogP contribution in [0, 0.1) is 0 Å². The van der Waals surface area contributed by atoms with Crippen molar-refractivity contribution in [3.63, 3.8) is 0 Å². The minimum atomic E-state index is -0.247. The average molecular weight is 228 g/mol. The third kappa shape index (κ3) is 3.02. The summed E-state index contributed by atoms with van der Waals surface area (Å²) in [5.74, 6) is -0.228. The molecule has 0 aromatic carbocycles. The van der Waals surface area contributed by atoms with Gasteiger partial charge in [0.2, 0.25) is 11.8 Å². The minimum absolute atomic E-state index is 0.0946. The Hall–Kier alpha value is -0.940. The number of rotatable bonds is 5. The molecule has 0 spiro atoms. The van der Waals surface area contributed by atoms with Gasteiger partial charge in [-0.25, -0.2) is 0 Å². The highest BCUT2D eigenvalue weighted by Gasteiger charge is 2.32. The van der Waals surface area contributed by atoms with E-state index < -0.39 is 0 Å². The van der Waals surface area contributed by atoms with Gasteiger partial charge in [0.1, 0.15) is 0 Å². The van der Waals surface area contributed by atoms with Crippen LogP contribution in [0.1, 0.15) is 26.2 Å². The molecule has 92 valence electrons. The zero-order chi connectivity index (χ0) is 12.1. The topological polar surface area (TPSA) is 58.6 Å². The largest absolute Gasteiger partial charge is 0.383 e. The third-order valence-electron chi connectivity index (χ3n) is 2.95. The lowest BCUT2D eigenvalue weighted by atomic mass is 10.0. The summed E-state index contributed by atoms with van der Waals surface area (Å²) in [5, 5.41) is 3.24. The maximum atomic E-state index is 11.8. The first-order chi connectivity index (χ1) is 7.60. The number of carbonyl (C=O) groups excluding carboxylic acids is 2. The molecule has 0 radical (unpaired) electrons. The Bertz CT molecular complexity index is 268. The lowest BCUT2D eigenvalue weighted by molar-refractivity contribution is -0.148. The number of hydrogen-bond donors (Lipinski definition) is 1. The van der Waals surface area contributed by atoms with Gasteiger partial charge in [-0.3, -0.25) is 14.5 Å². The molecule has 1 saturated heterocycles. The Labute approximate surface area is 96.1 Å². The van der Waals surface area contributed by atoms with Gasteiger partial charge in [0, 0.05) is 26.6 Å². The van der Waals surface area contributed by atoms with Crippen LogP contribution in [-0.2, 0) is 14.3 Å². The highest BCUT2D eigenvalue weighted by atomic mass is 16.5. The van der Waals surface area contributed by atoms with E-state index in [9.17, 15) is 9.59 Å². The Morgan fingerprint density at radius 3 is 2.81 bits per heavy atom. The van der Waals surface area contributed by atoms with Crippen LogP contribution in [-0.4, -0.2) is 49.6 Å². The maximum Gasteiger partial charge on any atom is 0.246 e. The Balaban J connectivity index is 2.53. The zero-order valence-corrected chi connectivity index (χ0v) is 10.2. The van der Waals surface area contributed by atoms with E-state index in [0.717, 1.165) is 6.42 Å². The van der Waals surface area contributed by atoms with E-state index in [0.29, 0.717) is 19.4 Å². The van der Waals surface area contributed by atoms with Crippen molar-refractivity contribution in [2.24, 2.45) is 0 Å². The second-order valence-corrected chi connectivity index (χ2v) is 4.11. The van der Waals surface area contributed by atoms with Gasteiger partial charge in [-0.05, 0) is 12.8 Å². The van der Waals surface area contributed by atoms with E-state index in [4.69, 9.17) is 4.74 Å². The lowest BCUT2D eigenvalue weighted by Crippen LogP contribution is -2.54. The monoisotopic (exact) mass is 228 g/mol. The first kappa shape index (κ1) is 13.1. The normalized spacial score (nSPS) is 23.7. The molecule has 0 aromatic rings. The van der Waals surface area contributed by atoms with E-state index in [-0.39, 0.29) is 23.9 Å². The van der Waals surface area contributed by atoms with Gasteiger partial charge in [-0.1, -0.05) is 6.92 Å². The number of carbonyl (C=O) groups is 2. The number of methoxy groups -OCH3 is 1. The van der Waals surface area contributed by atoms with Crippen molar-refractivity contribution < 1.29 is 14.3 Å². The fourth-order valence-electron chi connectivity index (χ4n) is 1.84. The van der Waals surface area contributed by atoms with Crippen molar-refractivity contribution in [2.45, 2.75) is 38.3 Å². The number of likely N-dealkylation sites (tertiary alicyclic amines) is 1. The van der Waals surface area contributed by atoms with Crippen molar-refractivity contribution >= 4 is 11.8 Å². The smallest absolute Gasteiger partial charge is 0.246 e. The summed E-state index contributed by atoms with van der Waals surface area (Å²) in [7, 11) is 3.18. The maximum absolute atomic E-state index is 11.8. The third-order valence-corrected chi connectivity index (χ3v) is 2.95. The molecule has 1 rings (SSSR count). The summed E-state index contributed by atoms with van der Waals surface area (Å²) in [5.41, 5.74) is 0. The number of imide groups is 1. The number of nitrogens with zero attached hydrogens (tertiary/aromatic N) is 1. The molecule has 5 nitrogen and oxygen atoms in total. The molecule has 1 aliphatic heterocycles. The minimum Gasteiger partial charge on any atom is -0.383 e. The van der Waals surface area contributed by atoms with E-state index in [1.807, 2.05) is 6.92 Å². The van der Waals surface area contributed by atoms with E-state index in [1.54, 1.807) is 7.11 Å². The predicted molar refractivity (Wildman–Crippen MR) is 59.9 cm³/mol. The summed E-state index contributed by atoms with van der Waals surface area (Å²) in [6, 6.07) is -0.0802. The number of nitrogens with one attached hydrogen (secondary N) is 1. The lowest BCUT2D eigenvalue weighted by Gasteiger charge is -2.31. The van der Waals surface area contributed by atoms with Gasteiger partial charge in [0.05, 0.1) is 12.6 Å². The molecule has 1 N–H and O–H groups in total. The Morgan fingerprint density at radius 1 is 1.56 bits per heavy atom. The van der Waals surface area contributed by atoms with Crippen molar-refractivity contribution in [1.29, 1.82) is 0 Å². The molecule has 2 atom stereocenters. The number of hydrogen-bond acceptors (Lipinski definition) is 4. The van der Waals surface area contributed by atoms with Crippen LogP contribution in [0.2, 0.25) is 0 Å². The second kappa shape index (κ2) is 5.96. The molecule has 5 heteroatoms. The van der Waals surface area contributed by atoms with Crippen LogP contribution in [0.3, 0.4) is 0 Å². The van der Waals surface area contributed by atoms with Crippen molar-refractivity contribution in [1.82, 2.24) is 10.2 Å². The van der Waals surface area contributed by atoms with Gasteiger partial charge in [0.15, 0.2) is 0 Å². The molecule has 0 aromatic heterocycles. The van der Waals surface area contributed by atoms with Crippen molar-refractivity contribution in [2.75, 3.05) is 20.8 Å². The SMILES string of the molecule is CCC(COC)NC1CCC(=O)N(C)C1=O. The molecule has 1 heterocycles. The standard InChI is InChI=1S/C11H20N2O3/c1-4-8(7-16-3)12-9-5-6-10(14)13(2)11(9)15/h8-9,12H,4-7H2,1-3H3. The molecule has 2 unspecified atom stereocenters. The average Bonchev–Trinajstić information content (AvgIpc) is 2.29. The van der Waals surface area contributed by atoms with Crippen molar-refractivity contribution in [3.05, 3.63) is 0 Å². The summed E-state index contributed by atoms with van der Waals surface area (Å²) < 4.78 is 5.07. The number of ether oxygens (including phenoxy) is 1. The van der Waals surface area contributed by atoms with E-state index in [2.05, 4.69) is 5.32 Å². The first-order valence-corrected chi connectivity index (χ1v) is 5.65. The van der Waals surface area contributed by atoms with E-state index >= 15 is 0 Å². The molecule has 16 heavy (non-hydrogen) atoms. The molecule has 0 saturated carbocycles. The second-order valence-electron chi connectivity index (χ2n) is 4.11. The molecule has 0 aliphatic carbocycles. The van der Waals surface area contributed by atoms with Gasteiger partial charge in [-0.2, -0.15) is 0 Å². The molecular formula is C11H20N2O3. The predicted octanol–water partition coefficient (Wildman–Crippen LogP) is 0.148. The highest BCUT2D eigenvalue weighted by Crippen LogP contribution is 2.12. The first-order valence-electron chi connectivity index (χ1n) is 5.65.